The van der Waals surface area contributed by atoms with Crippen LogP contribution in [-0.2, 0) is 11.3 Å². The standard InChI is InChI=1S/C22H25NO3/c1-26-20-14-10-18(11-15-20)21(24)8-5-9-22(25)23(19-12-13-19)16-17-6-3-2-4-7-17/h2-4,6-7,10-11,14-15,19H,5,8-9,12-13,16H2,1H3. The average molecular weight is 351 g/mol. The molecule has 4 heteroatoms. The molecule has 2 aromatic carbocycles. The number of hydrogen-bond donors (Lipinski definition) is 0. The van der Waals surface area contributed by atoms with Gasteiger partial charge in [0.05, 0.1) is 7.11 Å². The van der Waals surface area contributed by atoms with E-state index in [0.29, 0.717) is 37.4 Å². The molecule has 4 nitrogen and oxygen atoms in total. The van der Waals surface area contributed by atoms with Gasteiger partial charge in [0.1, 0.15) is 5.75 Å². The van der Waals surface area contributed by atoms with Crippen molar-refractivity contribution in [2.75, 3.05) is 7.11 Å². The summed E-state index contributed by atoms with van der Waals surface area (Å²) >= 11 is 0. The van der Waals surface area contributed by atoms with E-state index in [1.54, 1.807) is 31.4 Å². The lowest BCUT2D eigenvalue weighted by molar-refractivity contribution is -0.132. The molecule has 1 amide bonds. The van der Waals surface area contributed by atoms with E-state index in [2.05, 4.69) is 12.1 Å². The van der Waals surface area contributed by atoms with E-state index < -0.39 is 0 Å². The number of ether oxygens (including phenoxy) is 1. The number of carbonyl (C=O) groups is 2. The first-order valence-electron chi connectivity index (χ1n) is 9.18. The fourth-order valence-corrected chi connectivity index (χ4v) is 3.05. The Kier molecular flexibility index (Phi) is 6.05. The first-order chi connectivity index (χ1) is 12.7. The number of amides is 1. The minimum atomic E-state index is 0.0708. The van der Waals surface area contributed by atoms with Crippen LogP contribution < -0.4 is 4.74 Å². The number of hydrogen-bond acceptors (Lipinski definition) is 3. The number of rotatable bonds is 9. The van der Waals surface area contributed by atoms with E-state index in [1.165, 1.54) is 0 Å². The molecular formula is C22H25NO3. The van der Waals surface area contributed by atoms with Crippen LogP contribution in [0.1, 0.15) is 48.0 Å². The molecule has 2 aromatic rings. The maximum absolute atomic E-state index is 12.6. The molecule has 1 fully saturated rings. The third-order valence-corrected chi connectivity index (χ3v) is 4.71. The van der Waals surface area contributed by atoms with Gasteiger partial charge >= 0.3 is 0 Å². The molecule has 1 aliphatic rings. The largest absolute Gasteiger partial charge is 0.497 e. The lowest BCUT2D eigenvalue weighted by atomic mass is 10.0. The van der Waals surface area contributed by atoms with Crippen molar-refractivity contribution in [1.29, 1.82) is 0 Å². The second-order valence-corrected chi connectivity index (χ2v) is 6.74. The number of Topliss-reactive ketones (excluding diaryl/α,β-unsaturated/α-hetero) is 1. The lowest BCUT2D eigenvalue weighted by Crippen LogP contribution is -2.32. The van der Waals surface area contributed by atoms with Crippen LogP contribution in [0.25, 0.3) is 0 Å². The van der Waals surface area contributed by atoms with Crippen LogP contribution in [0.2, 0.25) is 0 Å². The summed E-state index contributed by atoms with van der Waals surface area (Å²) in [6.45, 7) is 0.663. The topological polar surface area (TPSA) is 46.6 Å². The van der Waals surface area contributed by atoms with Crippen LogP contribution in [0, 0.1) is 0 Å². The summed E-state index contributed by atoms with van der Waals surface area (Å²) in [4.78, 5) is 26.9. The Morgan fingerprint density at radius 3 is 2.31 bits per heavy atom. The van der Waals surface area contributed by atoms with E-state index in [1.807, 2.05) is 23.1 Å². The molecule has 3 rings (SSSR count). The molecule has 0 atom stereocenters. The van der Waals surface area contributed by atoms with E-state index in [0.717, 1.165) is 24.2 Å². The fourth-order valence-electron chi connectivity index (χ4n) is 3.05. The third-order valence-electron chi connectivity index (χ3n) is 4.71. The third kappa shape index (κ3) is 4.94. The minimum absolute atomic E-state index is 0.0708. The molecule has 136 valence electrons. The van der Waals surface area contributed by atoms with Crippen LogP contribution in [0.15, 0.2) is 54.6 Å². The molecule has 0 unspecified atom stereocenters. The van der Waals surface area contributed by atoms with E-state index in [4.69, 9.17) is 4.74 Å². The van der Waals surface area contributed by atoms with Crippen molar-refractivity contribution in [2.45, 2.75) is 44.7 Å². The van der Waals surface area contributed by atoms with Gasteiger partial charge in [-0.1, -0.05) is 30.3 Å². The predicted octanol–water partition coefficient (Wildman–Crippen LogP) is 4.24. The van der Waals surface area contributed by atoms with Gasteiger partial charge in [0.2, 0.25) is 5.91 Å². The van der Waals surface area contributed by atoms with Gasteiger partial charge in [-0.05, 0) is 49.1 Å². The van der Waals surface area contributed by atoms with Gasteiger partial charge in [0, 0.05) is 31.0 Å². The number of carbonyl (C=O) groups excluding carboxylic acids is 2. The highest BCUT2D eigenvalue weighted by atomic mass is 16.5. The van der Waals surface area contributed by atoms with Crippen LogP contribution in [0.4, 0.5) is 0 Å². The number of ketones is 1. The summed E-state index contributed by atoms with van der Waals surface area (Å²) in [6.07, 6.45) is 3.57. The Bertz CT molecular complexity index is 736. The molecule has 0 heterocycles. The van der Waals surface area contributed by atoms with Gasteiger partial charge in [-0.15, -0.1) is 0 Å². The van der Waals surface area contributed by atoms with E-state index in [9.17, 15) is 9.59 Å². The second-order valence-electron chi connectivity index (χ2n) is 6.74. The normalized spacial score (nSPS) is 13.3. The molecule has 0 aliphatic heterocycles. The van der Waals surface area contributed by atoms with Gasteiger partial charge in [-0.3, -0.25) is 9.59 Å². The van der Waals surface area contributed by atoms with E-state index >= 15 is 0 Å². The Balaban J connectivity index is 1.49. The van der Waals surface area contributed by atoms with Crippen LogP contribution in [0.3, 0.4) is 0 Å². The van der Waals surface area contributed by atoms with Crippen molar-refractivity contribution in [3.05, 3.63) is 65.7 Å². The molecule has 26 heavy (non-hydrogen) atoms. The summed E-state index contributed by atoms with van der Waals surface area (Å²) in [5.41, 5.74) is 1.82. The van der Waals surface area contributed by atoms with E-state index in [-0.39, 0.29) is 11.7 Å². The minimum Gasteiger partial charge on any atom is -0.497 e. The zero-order valence-electron chi connectivity index (χ0n) is 15.2. The quantitative estimate of drug-likeness (QED) is 0.635. The van der Waals surface area contributed by atoms with Gasteiger partial charge in [-0.25, -0.2) is 0 Å². The van der Waals surface area contributed by atoms with Crippen molar-refractivity contribution >= 4 is 11.7 Å². The first-order valence-corrected chi connectivity index (χ1v) is 9.18. The fraction of sp³-hybridized carbons (Fsp3) is 0.364. The maximum atomic E-state index is 12.6. The molecule has 0 saturated heterocycles. The highest BCUT2D eigenvalue weighted by Crippen LogP contribution is 2.29. The second kappa shape index (κ2) is 8.65. The monoisotopic (exact) mass is 351 g/mol. The van der Waals surface area contributed by atoms with Gasteiger partial charge < -0.3 is 9.64 Å². The molecule has 1 aliphatic carbocycles. The van der Waals surface area contributed by atoms with Crippen molar-refractivity contribution in [3.8, 4) is 5.75 Å². The summed E-state index contributed by atoms with van der Waals surface area (Å²) < 4.78 is 5.10. The Morgan fingerprint density at radius 1 is 1.00 bits per heavy atom. The molecule has 1 saturated carbocycles. The van der Waals surface area contributed by atoms with Gasteiger partial charge in [0.15, 0.2) is 5.78 Å². The Morgan fingerprint density at radius 2 is 1.69 bits per heavy atom. The average Bonchev–Trinajstić information content (AvgIpc) is 3.52. The predicted molar refractivity (Wildman–Crippen MR) is 101 cm³/mol. The molecule has 0 radical (unpaired) electrons. The Hall–Kier alpha value is -2.62. The van der Waals surface area contributed by atoms with Crippen LogP contribution >= 0.6 is 0 Å². The summed E-state index contributed by atoms with van der Waals surface area (Å²) in [5, 5.41) is 0. The lowest BCUT2D eigenvalue weighted by Gasteiger charge is -2.22. The number of methoxy groups -OCH3 is 1. The summed E-state index contributed by atoms with van der Waals surface area (Å²) in [6, 6.07) is 17.6. The number of benzene rings is 2. The number of nitrogens with zero attached hydrogens (tertiary/aromatic N) is 1. The molecule has 0 spiro atoms. The highest BCUT2D eigenvalue weighted by Gasteiger charge is 2.32. The SMILES string of the molecule is COc1ccc(C(=O)CCCC(=O)N(Cc2ccccc2)C2CC2)cc1. The molecular weight excluding hydrogens is 326 g/mol. The van der Waals surface area contributed by atoms with Crippen molar-refractivity contribution < 1.29 is 14.3 Å². The highest BCUT2D eigenvalue weighted by molar-refractivity contribution is 5.96. The van der Waals surface area contributed by atoms with Crippen LogP contribution in [0.5, 0.6) is 5.75 Å². The maximum Gasteiger partial charge on any atom is 0.223 e. The zero-order chi connectivity index (χ0) is 18.4. The summed E-state index contributed by atoms with van der Waals surface area (Å²) in [5.74, 6) is 0.957. The first kappa shape index (κ1) is 18.2. The van der Waals surface area contributed by atoms with Crippen molar-refractivity contribution in [3.63, 3.8) is 0 Å². The Labute approximate surface area is 154 Å². The molecule has 0 bridgehead atoms. The summed E-state index contributed by atoms with van der Waals surface area (Å²) in [7, 11) is 1.60. The van der Waals surface area contributed by atoms with Crippen molar-refractivity contribution in [2.24, 2.45) is 0 Å². The smallest absolute Gasteiger partial charge is 0.223 e. The zero-order valence-corrected chi connectivity index (χ0v) is 15.2. The molecule has 0 N–H and O–H groups in total. The molecule has 0 aromatic heterocycles. The van der Waals surface area contributed by atoms with Crippen LogP contribution in [-0.4, -0.2) is 29.7 Å². The van der Waals surface area contributed by atoms with Gasteiger partial charge in [-0.2, -0.15) is 0 Å². The van der Waals surface area contributed by atoms with Crippen molar-refractivity contribution in [1.82, 2.24) is 4.90 Å². The van der Waals surface area contributed by atoms with Gasteiger partial charge in [0.25, 0.3) is 0 Å².